The third kappa shape index (κ3) is 1.26. The van der Waals surface area contributed by atoms with E-state index >= 15 is 0 Å². The maximum atomic E-state index is 11.9. The van der Waals surface area contributed by atoms with Crippen molar-refractivity contribution >= 4 is 11.8 Å². The van der Waals surface area contributed by atoms with Crippen molar-refractivity contribution in [1.29, 1.82) is 0 Å². The van der Waals surface area contributed by atoms with E-state index in [1.807, 2.05) is 14.1 Å². The lowest BCUT2D eigenvalue weighted by Crippen LogP contribution is -2.34. The van der Waals surface area contributed by atoms with E-state index in [0.717, 1.165) is 0 Å². The van der Waals surface area contributed by atoms with Crippen molar-refractivity contribution in [2.45, 2.75) is 18.1 Å². The first-order valence-electron chi connectivity index (χ1n) is 4.70. The first-order valence-corrected chi connectivity index (χ1v) is 4.70. The molecule has 1 saturated carbocycles. The van der Waals surface area contributed by atoms with Crippen LogP contribution in [0.1, 0.15) is 6.42 Å². The number of hydrogen-bond acceptors (Lipinski definition) is 5. The summed E-state index contributed by atoms with van der Waals surface area (Å²) in [5, 5.41) is 0. The topological polar surface area (TPSA) is 59.1 Å². The highest BCUT2D eigenvalue weighted by Gasteiger charge is 2.74. The van der Waals surface area contributed by atoms with Crippen LogP contribution in [0.15, 0.2) is 11.8 Å². The van der Waals surface area contributed by atoms with Crippen molar-refractivity contribution in [3.63, 3.8) is 0 Å². The molecule has 0 aromatic rings. The highest BCUT2D eigenvalue weighted by molar-refractivity contribution is 6.20. The number of methoxy groups -OCH3 is 1. The number of ketones is 1. The van der Waals surface area contributed by atoms with E-state index in [1.54, 1.807) is 11.1 Å². The monoisotopic (exact) mass is 211 g/mol. The third-order valence-corrected chi connectivity index (χ3v) is 2.66. The van der Waals surface area contributed by atoms with Crippen LogP contribution in [-0.4, -0.2) is 49.6 Å². The molecule has 1 heterocycles. The van der Waals surface area contributed by atoms with Gasteiger partial charge in [-0.05, 0) is 0 Å². The van der Waals surface area contributed by atoms with Crippen LogP contribution in [0.2, 0.25) is 0 Å². The normalized spacial score (nSPS) is 35.3. The van der Waals surface area contributed by atoms with Gasteiger partial charge in [0.05, 0.1) is 7.11 Å². The molecule has 0 spiro atoms. The largest absolute Gasteiger partial charge is 0.466 e. The van der Waals surface area contributed by atoms with Crippen LogP contribution >= 0.6 is 0 Å². The van der Waals surface area contributed by atoms with Gasteiger partial charge in [-0.25, -0.2) is 4.79 Å². The van der Waals surface area contributed by atoms with Gasteiger partial charge >= 0.3 is 5.97 Å². The zero-order valence-electron chi connectivity index (χ0n) is 8.94. The van der Waals surface area contributed by atoms with Crippen LogP contribution in [-0.2, 0) is 19.1 Å². The van der Waals surface area contributed by atoms with E-state index in [0.29, 0.717) is 12.0 Å². The summed E-state index contributed by atoms with van der Waals surface area (Å²) in [5.41, 5.74) is -0.682. The van der Waals surface area contributed by atoms with E-state index in [9.17, 15) is 9.59 Å². The quantitative estimate of drug-likeness (QED) is 0.272. The highest BCUT2D eigenvalue weighted by Crippen LogP contribution is 2.50. The molecule has 15 heavy (non-hydrogen) atoms. The Morgan fingerprint density at radius 2 is 2.33 bits per heavy atom. The summed E-state index contributed by atoms with van der Waals surface area (Å²) in [5.74, 6) is -0.840. The van der Waals surface area contributed by atoms with Crippen molar-refractivity contribution in [2.24, 2.45) is 0 Å². The Morgan fingerprint density at radius 1 is 1.67 bits per heavy atom. The number of carbonyl (C=O) groups excluding carboxylic acids is 2. The molecule has 2 unspecified atom stereocenters. The summed E-state index contributed by atoms with van der Waals surface area (Å²) >= 11 is 0. The molecule has 1 aliphatic carbocycles. The molecule has 2 aliphatic rings. The zero-order valence-corrected chi connectivity index (χ0v) is 8.94. The minimum Gasteiger partial charge on any atom is -0.466 e. The SMILES string of the molecule is COC(=O)C12OC1C/C(=C\N(C)C)C2=O. The highest BCUT2D eigenvalue weighted by atomic mass is 16.7. The Labute approximate surface area is 87.6 Å². The fraction of sp³-hybridized carbons (Fsp3) is 0.600. The minimum absolute atomic E-state index is 0.256. The predicted octanol–water partition coefficient (Wildman–Crippen LogP) is -0.285. The van der Waals surface area contributed by atoms with Gasteiger partial charge in [0, 0.05) is 32.3 Å². The molecule has 2 atom stereocenters. The predicted molar refractivity (Wildman–Crippen MR) is 51.0 cm³/mol. The fourth-order valence-corrected chi connectivity index (χ4v) is 1.95. The van der Waals surface area contributed by atoms with Crippen LogP contribution in [0.5, 0.6) is 0 Å². The van der Waals surface area contributed by atoms with Crippen molar-refractivity contribution in [1.82, 2.24) is 4.90 Å². The molecular formula is C10H13NO4. The molecule has 1 saturated heterocycles. The summed E-state index contributed by atoms with van der Waals surface area (Å²) in [6, 6.07) is 0. The second-order valence-corrected chi connectivity index (χ2v) is 3.98. The van der Waals surface area contributed by atoms with Gasteiger partial charge in [0.1, 0.15) is 6.10 Å². The average Bonchev–Trinajstić information content (AvgIpc) is 2.83. The molecule has 0 aromatic carbocycles. The molecular weight excluding hydrogens is 198 g/mol. The molecule has 1 aliphatic heterocycles. The van der Waals surface area contributed by atoms with E-state index in [2.05, 4.69) is 4.74 Å². The smallest absolute Gasteiger partial charge is 0.349 e. The molecule has 0 aromatic heterocycles. The second-order valence-electron chi connectivity index (χ2n) is 3.98. The van der Waals surface area contributed by atoms with Gasteiger partial charge in [-0.1, -0.05) is 0 Å². The Morgan fingerprint density at radius 3 is 2.87 bits per heavy atom. The van der Waals surface area contributed by atoms with E-state index < -0.39 is 11.6 Å². The number of epoxide rings is 1. The third-order valence-electron chi connectivity index (χ3n) is 2.66. The second kappa shape index (κ2) is 3.06. The molecule has 0 N–H and O–H groups in total. The molecule has 2 fully saturated rings. The van der Waals surface area contributed by atoms with E-state index in [-0.39, 0.29) is 11.9 Å². The lowest BCUT2D eigenvalue weighted by Gasteiger charge is -2.09. The van der Waals surface area contributed by atoms with Crippen molar-refractivity contribution in [2.75, 3.05) is 21.2 Å². The van der Waals surface area contributed by atoms with Crippen LogP contribution in [0, 0.1) is 0 Å². The van der Waals surface area contributed by atoms with Crippen LogP contribution in [0.25, 0.3) is 0 Å². The summed E-state index contributed by atoms with van der Waals surface area (Å²) in [7, 11) is 4.92. The standard InChI is InChI=1S/C10H13NO4/c1-11(2)5-6-4-7-10(15-7,8(6)12)9(13)14-3/h5,7H,4H2,1-3H3/b6-5+. The van der Waals surface area contributed by atoms with Crippen LogP contribution in [0.4, 0.5) is 0 Å². The summed E-state index contributed by atoms with van der Waals surface area (Å²) in [6.07, 6.45) is 1.90. The lowest BCUT2D eigenvalue weighted by molar-refractivity contribution is -0.150. The summed E-state index contributed by atoms with van der Waals surface area (Å²) < 4.78 is 9.71. The lowest BCUT2D eigenvalue weighted by atomic mass is 10.1. The number of Topliss-reactive ketones (excluding diaryl/α,β-unsaturated/α-hetero) is 1. The first-order chi connectivity index (χ1) is 7.02. The molecule has 2 rings (SSSR count). The zero-order chi connectivity index (χ0) is 11.2. The molecule has 0 amide bonds. The number of ether oxygens (including phenoxy) is 2. The van der Waals surface area contributed by atoms with Gasteiger partial charge in [-0.2, -0.15) is 0 Å². The van der Waals surface area contributed by atoms with Crippen molar-refractivity contribution < 1.29 is 19.1 Å². The van der Waals surface area contributed by atoms with E-state index in [1.165, 1.54) is 7.11 Å². The Bertz CT molecular complexity index is 360. The number of fused-ring (bicyclic) bond motifs is 1. The summed E-state index contributed by atoms with van der Waals surface area (Å²) in [4.78, 5) is 25.1. The molecule has 0 radical (unpaired) electrons. The average molecular weight is 211 g/mol. The van der Waals surface area contributed by atoms with Gasteiger partial charge < -0.3 is 14.4 Å². The Kier molecular flexibility index (Phi) is 2.08. The van der Waals surface area contributed by atoms with Gasteiger partial charge in [-0.15, -0.1) is 0 Å². The number of carbonyl (C=O) groups is 2. The molecule has 0 bridgehead atoms. The first kappa shape index (κ1) is 10.2. The number of esters is 1. The summed E-state index contributed by atoms with van der Waals surface area (Å²) in [6.45, 7) is 0. The number of rotatable bonds is 2. The molecule has 5 nitrogen and oxygen atoms in total. The van der Waals surface area contributed by atoms with Crippen LogP contribution < -0.4 is 0 Å². The van der Waals surface area contributed by atoms with E-state index in [4.69, 9.17) is 4.74 Å². The number of nitrogens with zero attached hydrogens (tertiary/aromatic N) is 1. The minimum atomic E-state index is -1.31. The maximum absolute atomic E-state index is 11.9. The Hall–Kier alpha value is -1.36. The van der Waals surface area contributed by atoms with Crippen molar-refractivity contribution in [3.8, 4) is 0 Å². The maximum Gasteiger partial charge on any atom is 0.349 e. The number of hydrogen-bond donors (Lipinski definition) is 0. The fourth-order valence-electron chi connectivity index (χ4n) is 1.95. The van der Waals surface area contributed by atoms with Gasteiger partial charge in [0.2, 0.25) is 5.78 Å². The van der Waals surface area contributed by atoms with Crippen LogP contribution in [0.3, 0.4) is 0 Å². The van der Waals surface area contributed by atoms with Gasteiger partial charge in [0.25, 0.3) is 5.60 Å². The molecule has 82 valence electrons. The molecule has 5 heteroatoms. The Balaban J connectivity index is 2.24. The van der Waals surface area contributed by atoms with Gasteiger partial charge in [0.15, 0.2) is 0 Å². The van der Waals surface area contributed by atoms with Crippen molar-refractivity contribution in [3.05, 3.63) is 11.8 Å². The van der Waals surface area contributed by atoms with Gasteiger partial charge in [-0.3, -0.25) is 4.79 Å².